The predicted octanol–water partition coefficient (Wildman–Crippen LogP) is 1.86. The van der Waals surface area contributed by atoms with Crippen LogP contribution in [0.2, 0.25) is 0 Å². The van der Waals surface area contributed by atoms with Crippen LogP contribution in [0.15, 0.2) is 38.3 Å². The van der Waals surface area contributed by atoms with Crippen molar-refractivity contribution in [1.29, 1.82) is 0 Å². The van der Waals surface area contributed by atoms with Crippen LogP contribution < -0.4 is 0 Å². The van der Waals surface area contributed by atoms with Crippen molar-refractivity contribution in [2.45, 2.75) is 12.5 Å². The number of aliphatic hydroxyl groups is 1. The molecule has 0 rings (SSSR count). The summed E-state index contributed by atoms with van der Waals surface area (Å²) in [7, 11) is 1.56. The van der Waals surface area contributed by atoms with Gasteiger partial charge in [-0.2, -0.15) is 0 Å². The molecule has 76 valence electrons. The molecule has 3 heteroatoms. The second-order valence-electron chi connectivity index (χ2n) is 2.10. The molecule has 13 heavy (non-hydrogen) atoms. The quantitative estimate of drug-likeness (QED) is 0.508. The first-order chi connectivity index (χ1) is 6.22. The fraction of sp³-hybridized carbons (Fsp3) is 0.400. The van der Waals surface area contributed by atoms with Gasteiger partial charge in [0, 0.05) is 7.11 Å². The fourth-order valence-corrected chi connectivity index (χ4v) is 0.521. The van der Waals surface area contributed by atoms with E-state index in [4.69, 9.17) is 5.11 Å². The number of aliphatic hydroxyl groups excluding tert-OH is 1. The zero-order chi connectivity index (χ0) is 10.5. The molecule has 0 aromatic heterocycles. The maximum absolute atomic E-state index is 8.85. The Kier molecular flexibility index (Phi) is 15.0. The summed E-state index contributed by atoms with van der Waals surface area (Å²) in [6, 6.07) is 0. The van der Waals surface area contributed by atoms with Gasteiger partial charge in [-0.25, -0.2) is 0 Å². The van der Waals surface area contributed by atoms with Crippen molar-refractivity contribution in [3.05, 3.63) is 38.3 Å². The normalized spacial score (nSPS) is 10.3. The predicted molar refractivity (Wildman–Crippen MR) is 54.2 cm³/mol. The average Bonchev–Trinajstić information content (AvgIpc) is 2.08. The summed E-state index contributed by atoms with van der Waals surface area (Å²) in [6.07, 6.45) is 4.52. The second-order valence-corrected chi connectivity index (χ2v) is 2.10. The largest absolute Gasteiger partial charge is 0.474 e. The summed E-state index contributed by atoms with van der Waals surface area (Å²) in [4.78, 5) is 0. The number of ether oxygens (including phenoxy) is 2. The first-order valence-electron chi connectivity index (χ1n) is 3.88. The van der Waals surface area contributed by atoms with E-state index in [0.29, 0.717) is 13.0 Å². The summed E-state index contributed by atoms with van der Waals surface area (Å²) < 4.78 is 9.02. The van der Waals surface area contributed by atoms with Gasteiger partial charge in [-0.3, -0.25) is 0 Å². The van der Waals surface area contributed by atoms with E-state index in [9.17, 15) is 0 Å². The Morgan fingerprint density at radius 2 is 1.85 bits per heavy atom. The molecule has 0 aliphatic heterocycles. The van der Waals surface area contributed by atoms with Crippen LogP contribution in [0.3, 0.4) is 0 Å². The smallest absolute Gasteiger partial charge is 0.0829 e. The minimum atomic E-state index is -0.377. The summed E-state index contributed by atoms with van der Waals surface area (Å²) in [5, 5.41) is 8.85. The van der Waals surface area contributed by atoms with Crippen LogP contribution in [0.5, 0.6) is 0 Å². The number of hydrogen-bond donors (Lipinski definition) is 1. The lowest BCUT2D eigenvalue weighted by molar-refractivity contribution is 0.0667. The van der Waals surface area contributed by atoms with Crippen molar-refractivity contribution in [3.63, 3.8) is 0 Å². The van der Waals surface area contributed by atoms with Gasteiger partial charge in [-0.15, -0.1) is 6.58 Å². The topological polar surface area (TPSA) is 38.7 Å². The second kappa shape index (κ2) is 13.5. The maximum atomic E-state index is 8.85. The third-order valence-electron chi connectivity index (χ3n) is 0.990. The average molecular weight is 186 g/mol. The van der Waals surface area contributed by atoms with E-state index >= 15 is 0 Å². The van der Waals surface area contributed by atoms with E-state index in [1.807, 2.05) is 0 Å². The Balaban J connectivity index is 0. The van der Waals surface area contributed by atoms with E-state index in [2.05, 4.69) is 29.2 Å². The molecule has 3 nitrogen and oxygen atoms in total. The van der Waals surface area contributed by atoms with Gasteiger partial charge < -0.3 is 14.6 Å². The molecule has 0 aliphatic carbocycles. The number of methoxy groups -OCH3 is 1. The van der Waals surface area contributed by atoms with Gasteiger partial charge in [0.2, 0.25) is 0 Å². The molecule has 1 unspecified atom stereocenters. The molecule has 0 saturated carbocycles. The van der Waals surface area contributed by atoms with Crippen LogP contribution in [-0.4, -0.2) is 24.9 Å². The van der Waals surface area contributed by atoms with E-state index in [1.54, 1.807) is 13.2 Å². The Morgan fingerprint density at radius 1 is 1.31 bits per heavy atom. The zero-order valence-corrected chi connectivity index (χ0v) is 8.11. The summed E-state index contributed by atoms with van der Waals surface area (Å²) in [5.74, 6) is 0. The molecule has 0 radical (unpaired) electrons. The minimum absolute atomic E-state index is 0.377. The lowest BCUT2D eigenvalue weighted by atomic mass is 10.3. The fourth-order valence-electron chi connectivity index (χ4n) is 0.521. The highest BCUT2D eigenvalue weighted by atomic mass is 16.5. The Labute approximate surface area is 80.0 Å². The molecule has 1 N–H and O–H groups in total. The van der Waals surface area contributed by atoms with Crippen molar-refractivity contribution >= 4 is 0 Å². The molecule has 0 aromatic carbocycles. The van der Waals surface area contributed by atoms with Crippen molar-refractivity contribution < 1.29 is 14.6 Å². The van der Waals surface area contributed by atoms with Gasteiger partial charge in [0.25, 0.3) is 0 Å². The molecule has 0 fully saturated rings. The van der Waals surface area contributed by atoms with E-state index in [-0.39, 0.29) is 6.10 Å². The lowest BCUT2D eigenvalue weighted by Crippen LogP contribution is -2.11. The molecule has 0 bridgehead atoms. The standard InChI is InChI=1S/C6H12O2.C4H6O/c1-3-4-6(7)5-8-2;1-3-5-4-2/h3,6-7H,1,4-5H2,2H3;3-4H,1-2H2. The number of rotatable bonds is 6. The summed E-state index contributed by atoms with van der Waals surface area (Å²) >= 11 is 0. The molecule has 0 saturated heterocycles. The van der Waals surface area contributed by atoms with Crippen molar-refractivity contribution in [2.75, 3.05) is 13.7 Å². The van der Waals surface area contributed by atoms with Gasteiger partial charge in [0.05, 0.1) is 25.2 Å². The third kappa shape index (κ3) is 18.2. The van der Waals surface area contributed by atoms with Crippen LogP contribution in [0.1, 0.15) is 6.42 Å². The van der Waals surface area contributed by atoms with Crippen LogP contribution >= 0.6 is 0 Å². The van der Waals surface area contributed by atoms with Crippen LogP contribution in [0, 0.1) is 0 Å². The molecule has 0 aliphatic rings. The van der Waals surface area contributed by atoms with Crippen molar-refractivity contribution in [1.82, 2.24) is 0 Å². The molecule has 0 amide bonds. The first-order valence-corrected chi connectivity index (χ1v) is 3.88. The SMILES string of the molecule is C=CCC(O)COC.C=COC=C. The van der Waals surface area contributed by atoms with Gasteiger partial charge in [-0.1, -0.05) is 19.2 Å². The van der Waals surface area contributed by atoms with E-state index in [0.717, 1.165) is 0 Å². The van der Waals surface area contributed by atoms with Crippen LogP contribution in [0.25, 0.3) is 0 Å². The number of hydrogen-bond acceptors (Lipinski definition) is 3. The Morgan fingerprint density at radius 3 is 2.08 bits per heavy atom. The lowest BCUT2D eigenvalue weighted by Gasteiger charge is -2.03. The molecule has 0 spiro atoms. The molecular weight excluding hydrogens is 168 g/mol. The molecule has 0 heterocycles. The van der Waals surface area contributed by atoms with Gasteiger partial charge in [0.15, 0.2) is 0 Å². The Bertz CT molecular complexity index is 126. The highest BCUT2D eigenvalue weighted by Crippen LogP contribution is 1.90. The van der Waals surface area contributed by atoms with Gasteiger partial charge >= 0.3 is 0 Å². The Hall–Kier alpha value is -1.06. The minimum Gasteiger partial charge on any atom is -0.474 e. The molecular formula is C10H18O3. The highest BCUT2D eigenvalue weighted by molar-refractivity contribution is 4.71. The van der Waals surface area contributed by atoms with Crippen LogP contribution in [-0.2, 0) is 9.47 Å². The van der Waals surface area contributed by atoms with E-state index in [1.165, 1.54) is 12.5 Å². The van der Waals surface area contributed by atoms with Crippen LogP contribution in [0.4, 0.5) is 0 Å². The zero-order valence-electron chi connectivity index (χ0n) is 8.11. The van der Waals surface area contributed by atoms with Gasteiger partial charge in [0.1, 0.15) is 0 Å². The molecule has 0 aromatic rings. The maximum Gasteiger partial charge on any atom is 0.0829 e. The molecule has 1 atom stereocenters. The summed E-state index contributed by atoms with van der Waals surface area (Å²) in [5.41, 5.74) is 0. The van der Waals surface area contributed by atoms with Crippen molar-refractivity contribution in [2.24, 2.45) is 0 Å². The van der Waals surface area contributed by atoms with E-state index < -0.39 is 0 Å². The highest BCUT2D eigenvalue weighted by Gasteiger charge is 1.96. The third-order valence-corrected chi connectivity index (χ3v) is 0.990. The van der Waals surface area contributed by atoms with Gasteiger partial charge in [-0.05, 0) is 6.42 Å². The van der Waals surface area contributed by atoms with Crippen molar-refractivity contribution in [3.8, 4) is 0 Å². The summed E-state index contributed by atoms with van der Waals surface area (Å²) in [6.45, 7) is 10.4. The first kappa shape index (κ1) is 14.5. The monoisotopic (exact) mass is 186 g/mol.